The Labute approximate surface area is 166 Å². The van der Waals surface area contributed by atoms with E-state index in [1.54, 1.807) is 0 Å². The van der Waals surface area contributed by atoms with Crippen molar-refractivity contribution in [3.63, 3.8) is 0 Å². The molecule has 2 heteroatoms. The molecule has 148 valence electrons. The van der Waals surface area contributed by atoms with Gasteiger partial charge in [0.15, 0.2) is 0 Å². The highest BCUT2D eigenvalue weighted by Crippen LogP contribution is 2.12. The first-order valence-corrected chi connectivity index (χ1v) is 10.9. The van der Waals surface area contributed by atoms with Gasteiger partial charge in [-0.3, -0.25) is 0 Å². The fourth-order valence-electron chi connectivity index (χ4n) is 3.25. The predicted molar refractivity (Wildman–Crippen MR) is 118 cm³/mol. The molecule has 0 amide bonds. The molecule has 0 aliphatic heterocycles. The molecule has 0 aromatic heterocycles. The fourth-order valence-corrected chi connectivity index (χ4v) is 3.25. The van der Waals surface area contributed by atoms with E-state index in [1.165, 1.54) is 60.8 Å². The van der Waals surface area contributed by atoms with E-state index >= 15 is 0 Å². The summed E-state index contributed by atoms with van der Waals surface area (Å²) in [6.07, 6.45) is 8.77. The largest absolute Gasteiger partial charge is 0.313 e. The van der Waals surface area contributed by atoms with Gasteiger partial charge in [-0.25, -0.2) is 0 Å². The van der Waals surface area contributed by atoms with Crippen LogP contribution in [-0.4, -0.2) is 13.1 Å². The molecule has 0 aliphatic carbocycles. The molecule has 0 aliphatic rings. The quantitative estimate of drug-likeness (QED) is 0.411. The Bertz CT molecular complexity index is 546. The summed E-state index contributed by atoms with van der Waals surface area (Å²) >= 11 is 0. The van der Waals surface area contributed by atoms with Crippen molar-refractivity contribution in [2.24, 2.45) is 0 Å². The second-order valence-corrected chi connectivity index (χ2v) is 7.58. The van der Waals surface area contributed by atoms with Gasteiger partial charge in [-0.1, -0.05) is 88.1 Å². The zero-order valence-corrected chi connectivity index (χ0v) is 17.4. The van der Waals surface area contributed by atoms with Crippen LogP contribution in [0.5, 0.6) is 0 Å². The Morgan fingerprint density at radius 2 is 0.889 bits per heavy atom. The molecule has 0 bridgehead atoms. The van der Waals surface area contributed by atoms with E-state index in [4.69, 9.17) is 0 Å². The molecule has 2 aromatic carbocycles. The van der Waals surface area contributed by atoms with Gasteiger partial charge in [0.1, 0.15) is 0 Å². The summed E-state index contributed by atoms with van der Waals surface area (Å²) in [5.74, 6) is 0. The Balaban J connectivity index is 1.71. The van der Waals surface area contributed by atoms with Gasteiger partial charge in [-0.15, -0.1) is 0 Å². The lowest BCUT2D eigenvalue weighted by Gasteiger charge is -2.08. The highest BCUT2D eigenvalue weighted by Gasteiger charge is 1.99. The molecule has 2 N–H and O–H groups in total. The number of benzene rings is 2. The van der Waals surface area contributed by atoms with Crippen molar-refractivity contribution in [3.05, 3.63) is 70.8 Å². The molecule has 0 spiro atoms. The molecule has 0 saturated carbocycles. The average Bonchev–Trinajstić information content (AvgIpc) is 2.70. The van der Waals surface area contributed by atoms with Gasteiger partial charge in [-0.2, -0.15) is 0 Å². The number of hydrogen-bond donors (Lipinski definition) is 2. The molecule has 2 aromatic rings. The van der Waals surface area contributed by atoms with E-state index in [2.05, 4.69) is 73.0 Å². The molecular weight excluding hydrogens is 328 g/mol. The van der Waals surface area contributed by atoms with Crippen molar-refractivity contribution in [1.82, 2.24) is 10.6 Å². The number of nitrogens with one attached hydrogen (secondary N) is 2. The first kappa shape index (κ1) is 21.7. The van der Waals surface area contributed by atoms with Crippen LogP contribution >= 0.6 is 0 Å². The zero-order chi connectivity index (χ0) is 19.2. The van der Waals surface area contributed by atoms with E-state index in [1.807, 2.05) is 0 Å². The van der Waals surface area contributed by atoms with Gasteiger partial charge in [0.2, 0.25) is 0 Å². The van der Waals surface area contributed by atoms with Gasteiger partial charge in [-0.05, 0) is 54.6 Å². The number of rotatable bonds is 14. The third-order valence-electron chi connectivity index (χ3n) is 5.03. The van der Waals surface area contributed by atoms with Crippen LogP contribution in [0.15, 0.2) is 48.5 Å². The molecule has 27 heavy (non-hydrogen) atoms. The third kappa shape index (κ3) is 9.21. The van der Waals surface area contributed by atoms with E-state index in [9.17, 15) is 0 Å². The normalized spacial score (nSPS) is 11.0. The van der Waals surface area contributed by atoms with Crippen LogP contribution in [0.4, 0.5) is 0 Å². The zero-order valence-electron chi connectivity index (χ0n) is 17.4. The van der Waals surface area contributed by atoms with Crippen LogP contribution in [0.1, 0.15) is 74.6 Å². The lowest BCUT2D eigenvalue weighted by molar-refractivity contribution is 0.616. The van der Waals surface area contributed by atoms with Crippen LogP contribution in [0, 0.1) is 0 Å². The van der Waals surface area contributed by atoms with Crippen molar-refractivity contribution in [3.8, 4) is 0 Å². The maximum atomic E-state index is 3.53. The number of hydrogen-bond acceptors (Lipinski definition) is 2. The smallest absolute Gasteiger partial charge is 0.0205 e. The Morgan fingerprint density at radius 1 is 0.519 bits per heavy atom. The molecule has 0 heterocycles. The summed E-state index contributed by atoms with van der Waals surface area (Å²) in [5, 5.41) is 7.07. The fraction of sp³-hybridized carbons (Fsp3) is 0.520. The molecule has 0 atom stereocenters. The lowest BCUT2D eigenvalue weighted by atomic mass is 10.0. The minimum Gasteiger partial charge on any atom is -0.313 e. The molecular formula is C25H38N2. The van der Waals surface area contributed by atoms with Crippen LogP contribution < -0.4 is 10.6 Å². The molecule has 2 nitrogen and oxygen atoms in total. The molecule has 2 rings (SSSR count). The summed E-state index contributed by atoms with van der Waals surface area (Å²) in [6.45, 7) is 8.69. The number of unbranched alkanes of at least 4 members (excludes halogenated alkanes) is 4. The van der Waals surface area contributed by atoms with Crippen molar-refractivity contribution in [2.75, 3.05) is 13.1 Å². The molecule has 0 saturated heterocycles. The van der Waals surface area contributed by atoms with Gasteiger partial charge in [0.05, 0.1) is 0 Å². The van der Waals surface area contributed by atoms with Gasteiger partial charge in [0.25, 0.3) is 0 Å². The van der Waals surface area contributed by atoms with Crippen molar-refractivity contribution in [1.29, 1.82) is 0 Å². The highest BCUT2D eigenvalue weighted by atomic mass is 14.8. The summed E-state index contributed by atoms with van der Waals surface area (Å²) in [6, 6.07) is 18.1. The summed E-state index contributed by atoms with van der Waals surface area (Å²) in [4.78, 5) is 0. The maximum absolute atomic E-state index is 3.53. The van der Waals surface area contributed by atoms with Gasteiger partial charge < -0.3 is 10.6 Å². The van der Waals surface area contributed by atoms with Crippen LogP contribution in [0.3, 0.4) is 0 Å². The second-order valence-electron chi connectivity index (χ2n) is 7.58. The summed E-state index contributed by atoms with van der Waals surface area (Å²) in [7, 11) is 0. The van der Waals surface area contributed by atoms with Gasteiger partial charge in [0, 0.05) is 13.1 Å². The van der Waals surface area contributed by atoms with Crippen molar-refractivity contribution < 1.29 is 0 Å². The highest BCUT2D eigenvalue weighted by molar-refractivity contribution is 5.30. The van der Waals surface area contributed by atoms with Crippen LogP contribution in [0.25, 0.3) is 0 Å². The summed E-state index contributed by atoms with van der Waals surface area (Å²) in [5.41, 5.74) is 5.52. The van der Waals surface area contributed by atoms with Crippen molar-refractivity contribution >= 4 is 0 Å². The van der Waals surface area contributed by atoms with Crippen LogP contribution in [0.2, 0.25) is 0 Å². The van der Waals surface area contributed by atoms with Gasteiger partial charge >= 0.3 is 0 Å². The first-order chi connectivity index (χ1) is 13.3. The standard InChI is InChI=1S/C25H38N2/c1-3-5-7-17-26-20-24-13-9-22(10-14-24)19-23-11-15-25(16-12-23)21-27-18-8-6-4-2/h9-16,26-27H,3-8,17-21H2,1-2H3. The Morgan fingerprint density at radius 3 is 1.26 bits per heavy atom. The van der Waals surface area contributed by atoms with E-state index < -0.39 is 0 Å². The second kappa shape index (κ2) is 13.5. The molecule has 0 unspecified atom stereocenters. The first-order valence-electron chi connectivity index (χ1n) is 10.9. The monoisotopic (exact) mass is 366 g/mol. The van der Waals surface area contributed by atoms with Crippen LogP contribution in [-0.2, 0) is 19.5 Å². The molecule has 0 fully saturated rings. The SMILES string of the molecule is CCCCCNCc1ccc(Cc2ccc(CNCCCCC)cc2)cc1. The predicted octanol–water partition coefficient (Wildman–Crippen LogP) is 5.84. The average molecular weight is 367 g/mol. The minimum absolute atomic E-state index is 0.976. The Hall–Kier alpha value is -1.64. The van der Waals surface area contributed by atoms with E-state index in [0.717, 1.165) is 32.6 Å². The minimum atomic E-state index is 0.976. The summed E-state index contributed by atoms with van der Waals surface area (Å²) < 4.78 is 0. The maximum Gasteiger partial charge on any atom is 0.0205 e. The molecule has 0 radical (unpaired) electrons. The van der Waals surface area contributed by atoms with E-state index in [-0.39, 0.29) is 0 Å². The third-order valence-corrected chi connectivity index (χ3v) is 5.03. The van der Waals surface area contributed by atoms with Crippen molar-refractivity contribution in [2.45, 2.75) is 71.9 Å². The Kier molecular flexibility index (Phi) is 10.8. The topological polar surface area (TPSA) is 24.1 Å². The lowest BCUT2D eigenvalue weighted by Crippen LogP contribution is -2.14. The van der Waals surface area contributed by atoms with E-state index in [0.29, 0.717) is 0 Å².